The van der Waals surface area contributed by atoms with Crippen LogP contribution in [-0.4, -0.2) is 66.5 Å². The quantitative estimate of drug-likeness (QED) is 0.700. The highest BCUT2D eigenvalue weighted by Gasteiger charge is 2.30. The van der Waals surface area contributed by atoms with Crippen LogP contribution in [0.25, 0.3) is 0 Å². The number of carbonyl (C=O) groups is 1. The molecule has 2 N–H and O–H groups in total. The third kappa shape index (κ3) is 2.17. The van der Waals surface area contributed by atoms with Crippen molar-refractivity contribution in [3.63, 3.8) is 0 Å². The lowest BCUT2D eigenvalue weighted by Gasteiger charge is -2.30. The third-order valence-electron chi connectivity index (χ3n) is 2.93. The molecule has 0 radical (unpaired) electrons. The molecule has 10 nitrogen and oxygen atoms in total. The second-order valence-electron chi connectivity index (χ2n) is 4.14. The van der Waals surface area contributed by atoms with Gasteiger partial charge in [0.25, 0.3) is 5.91 Å². The zero-order valence-corrected chi connectivity index (χ0v) is 10.2. The van der Waals surface area contributed by atoms with E-state index in [0.717, 1.165) is 0 Å². The van der Waals surface area contributed by atoms with Gasteiger partial charge in [-0.2, -0.15) is 20.6 Å². The van der Waals surface area contributed by atoms with Crippen LogP contribution in [0.5, 0.6) is 0 Å². The first-order valence-corrected chi connectivity index (χ1v) is 5.77. The molecule has 0 aliphatic carbocycles. The SMILES string of the molecule is Cc1n[nH]nc1C(=O)N1CCOC(c2nn[nH]n2)C1. The Hall–Kier alpha value is -2.36. The van der Waals surface area contributed by atoms with Crippen molar-refractivity contribution in [1.82, 2.24) is 40.9 Å². The van der Waals surface area contributed by atoms with Crippen LogP contribution in [0.2, 0.25) is 0 Å². The van der Waals surface area contributed by atoms with Crippen molar-refractivity contribution in [3.8, 4) is 0 Å². The van der Waals surface area contributed by atoms with Crippen molar-refractivity contribution < 1.29 is 9.53 Å². The number of hydrogen-bond acceptors (Lipinski definition) is 7. The summed E-state index contributed by atoms with van der Waals surface area (Å²) >= 11 is 0. The molecule has 1 aliphatic heterocycles. The molecule has 10 heteroatoms. The number of nitrogens with zero attached hydrogens (tertiary/aromatic N) is 6. The lowest BCUT2D eigenvalue weighted by molar-refractivity contribution is -0.0270. The number of amides is 1. The Labute approximate surface area is 107 Å². The molecule has 1 aliphatic rings. The van der Waals surface area contributed by atoms with E-state index in [4.69, 9.17) is 4.74 Å². The molecule has 19 heavy (non-hydrogen) atoms. The maximum Gasteiger partial charge on any atom is 0.276 e. The molecule has 1 fully saturated rings. The highest BCUT2D eigenvalue weighted by molar-refractivity contribution is 5.93. The lowest BCUT2D eigenvalue weighted by atomic mass is 10.2. The van der Waals surface area contributed by atoms with Gasteiger partial charge in [0.2, 0.25) is 5.82 Å². The summed E-state index contributed by atoms with van der Waals surface area (Å²) in [4.78, 5) is 13.9. The minimum atomic E-state index is -0.372. The monoisotopic (exact) mass is 264 g/mol. The first-order valence-electron chi connectivity index (χ1n) is 5.77. The molecule has 100 valence electrons. The predicted octanol–water partition coefficient (Wildman–Crippen LogP) is -1.16. The fraction of sp³-hybridized carbons (Fsp3) is 0.556. The maximum absolute atomic E-state index is 12.3. The van der Waals surface area contributed by atoms with Gasteiger partial charge in [0.05, 0.1) is 18.8 Å². The summed E-state index contributed by atoms with van der Waals surface area (Å²) in [5, 5.41) is 23.7. The zero-order valence-electron chi connectivity index (χ0n) is 10.2. The van der Waals surface area contributed by atoms with E-state index in [9.17, 15) is 4.79 Å². The molecule has 0 saturated carbocycles. The number of aromatic amines is 2. The van der Waals surface area contributed by atoms with Gasteiger partial charge in [0, 0.05) is 6.54 Å². The largest absolute Gasteiger partial charge is 0.366 e. The van der Waals surface area contributed by atoms with Gasteiger partial charge >= 0.3 is 0 Å². The van der Waals surface area contributed by atoms with Gasteiger partial charge in [0.15, 0.2) is 5.69 Å². The average Bonchev–Trinajstić information content (AvgIpc) is 3.09. The zero-order chi connectivity index (χ0) is 13.2. The molecule has 2 aromatic rings. The molecule has 2 aromatic heterocycles. The predicted molar refractivity (Wildman–Crippen MR) is 59.9 cm³/mol. The van der Waals surface area contributed by atoms with Gasteiger partial charge in [0.1, 0.15) is 6.10 Å². The van der Waals surface area contributed by atoms with E-state index in [-0.39, 0.29) is 12.0 Å². The first-order chi connectivity index (χ1) is 9.25. The Morgan fingerprint density at radius 3 is 2.95 bits per heavy atom. The summed E-state index contributed by atoms with van der Waals surface area (Å²) in [5.41, 5.74) is 0.904. The fourth-order valence-electron chi connectivity index (χ4n) is 1.93. The molecule has 1 amide bonds. The van der Waals surface area contributed by atoms with Crippen molar-refractivity contribution in [2.75, 3.05) is 19.7 Å². The number of aryl methyl sites for hydroxylation is 1. The van der Waals surface area contributed by atoms with Gasteiger partial charge in [-0.15, -0.1) is 10.2 Å². The Morgan fingerprint density at radius 2 is 2.26 bits per heavy atom. The maximum atomic E-state index is 12.3. The normalized spacial score (nSPS) is 19.6. The van der Waals surface area contributed by atoms with Crippen molar-refractivity contribution in [2.24, 2.45) is 0 Å². The number of carbonyl (C=O) groups excluding carboxylic acids is 1. The molecule has 0 spiro atoms. The van der Waals surface area contributed by atoms with Crippen LogP contribution >= 0.6 is 0 Å². The van der Waals surface area contributed by atoms with Crippen LogP contribution < -0.4 is 0 Å². The minimum absolute atomic E-state index is 0.178. The standard InChI is InChI=1S/C9H12N8O2/c1-5-7(11-14-10-5)9(18)17-2-3-19-6(4-17)8-12-15-16-13-8/h6H,2-4H2,1H3,(H,10,11,14)(H,12,13,15,16). The second kappa shape index (κ2) is 4.72. The van der Waals surface area contributed by atoms with Gasteiger partial charge in [-0.1, -0.05) is 5.21 Å². The smallest absolute Gasteiger partial charge is 0.276 e. The van der Waals surface area contributed by atoms with Gasteiger partial charge in [-0.05, 0) is 6.92 Å². The van der Waals surface area contributed by atoms with Gasteiger partial charge < -0.3 is 9.64 Å². The molecular formula is C9H12N8O2. The van der Waals surface area contributed by atoms with Gasteiger partial charge in [-0.3, -0.25) is 4.79 Å². The average molecular weight is 264 g/mol. The number of ether oxygens (including phenoxy) is 1. The number of H-pyrrole nitrogens is 2. The van der Waals surface area contributed by atoms with E-state index in [1.54, 1.807) is 11.8 Å². The highest BCUT2D eigenvalue weighted by Crippen LogP contribution is 2.19. The Bertz CT molecular complexity index is 565. The summed E-state index contributed by atoms with van der Waals surface area (Å²) in [7, 11) is 0. The first kappa shape index (κ1) is 11.7. The summed E-state index contributed by atoms with van der Waals surface area (Å²) in [6.07, 6.45) is -0.372. The van der Waals surface area contributed by atoms with E-state index >= 15 is 0 Å². The fourth-order valence-corrected chi connectivity index (χ4v) is 1.93. The number of morpholine rings is 1. The molecule has 1 unspecified atom stereocenters. The lowest BCUT2D eigenvalue weighted by Crippen LogP contribution is -2.42. The number of nitrogens with one attached hydrogen (secondary N) is 2. The van der Waals surface area contributed by atoms with Crippen LogP contribution in [0.3, 0.4) is 0 Å². The minimum Gasteiger partial charge on any atom is -0.366 e. The Kier molecular flexibility index (Phi) is 2.91. The van der Waals surface area contributed by atoms with Crippen molar-refractivity contribution in [2.45, 2.75) is 13.0 Å². The highest BCUT2D eigenvalue weighted by atomic mass is 16.5. The van der Waals surface area contributed by atoms with E-state index in [0.29, 0.717) is 36.9 Å². The van der Waals surface area contributed by atoms with Gasteiger partial charge in [-0.25, -0.2) is 0 Å². The molecule has 3 heterocycles. The van der Waals surface area contributed by atoms with E-state index in [1.165, 1.54) is 0 Å². The number of hydrogen-bond donors (Lipinski definition) is 2. The molecular weight excluding hydrogens is 252 g/mol. The summed E-state index contributed by atoms with van der Waals surface area (Å²) in [6.45, 7) is 3.01. The van der Waals surface area contributed by atoms with Crippen molar-refractivity contribution in [3.05, 3.63) is 17.2 Å². The molecule has 3 rings (SSSR count). The summed E-state index contributed by atoms with van der Waals surface area (Å²) < 4.78 is 5.53. The number of rotatable bonds is 2. The third-order valence-corrected chi connectivity index (χ3v) is 2.93. The molecule has 1 atom stereocenters. The summed E-state index contributed by atoms with van der Waals surface area (Å²) in [5.74, 6) is 0.261. The van der Waals surface area contributed by atoms with E-state index in [2.05, 4.69) is 36.0 Å². The molecule has 0 aromatic carbocycles. The van der Waals surface area contributed by atoms with Crippen molar-refractivity contribution in [1.29, 1.82) is 0 Å². The van der Waals surface area contributed by atoms with Crippen LogP contribution in [0.1, 0.15) is 28.1 Å². The molecule has 0 bridgehead atoms. The number of aromatic nitrogens is 7. The Morgan fingerprint density at radius 1 is 1.37 bits per heavy atom. The Balaban J connectivity index is 1.75. The molecule has 1 saturated heterocycles. The van der Waals surface area contributed by atoms with Crippen LogP contribution in [0, 0.1) is 6.92 Å². The van der Waals surface area contributed by atoms with Crippen LogP contribution in [-0.2, 0) is 4.74 Å². The van der Waals surface area contributed by atoms with E-state index in [1.807, 2.05) is 0 Å². The second-order valence-corrected chi connectivity index (χ2v) is 4.14. The van der Waals surface area contributed by atoms with Crippen molar-refractivity contribution >= 4 is 5.91 Å². The van der Waals surface area contributed by atoms with Crippen LogP contribution in [0.15, 0.2) is 0 Å². The number of tetrazole rings is 1. The summed E-state index contributed by atoms with van der Waals surface area (Å²) in [6, 6.07) is 0. The van der Waals surface area contributed by atoms with E-state index < -0.39 is 0 Å². The topological polar surface area (TPSA) is 126 Å². The van der Waals surface area contributed by atoms with Crippen LogP contribution in [0.4, 0.5) is 0 Å².